The smallest absolute Gasteiger partial charge is 0.775 e. The third kappa shape index (κ3) is 6.88. The minimum absolute atomic E-state index is 0. The summed E-state index contributed by atoms with van der Waals surface area (Å²) in [4.78, 5) is 22.8. The molecule has 2 atom stereocenters. The van der Waals surface area contributed by atoms with Crippen molar-refractivity contribution in [3.63, 3.8) is 0 Å². The van der Waals surface area contributed by atoms with Gasteiger partial charge in [-0.1, -0.05) is 0 Å². The minimum Gasteiger partial charge on any atom is -0.775 e. The van der Waals surface area contributed by atoms with Gasteiger partial charge in [-0.25, -0.2) is 0 Å². The molecule has 0 aromatic rings. The summed E-state index contributed by atoms with van der Waals surface area (Å²) < 4.78 is 43.1. The van der Waals surface area contributed by atoms with Gasteiger partial charge in [-0.15, -0.1) is 0 Å². The maximum atomic E-state index is 12.4. The molecule has 2 unspecified atom stereocenters. The van der Waals surface area contributed by atoms with E-state index in [0.717, 1.165) is 6.92 Å². The fourth-order valence-electron chi connectivity index (χ4n) is 1.22. The monoisotopic (exact) mass is 324 g/mol. The molecule has 0 aromatic heterocycles. The number of esters is 1. The number of hydrogen-bond donors (Lipinski definition) is 0. The van der Waals surface area contributed by atoms with E-state index < -0.39 is 26.7 Å². The summed E-state index contributed by atoms with van der Waals surface area (Å²) in [6.45, 7) is 5.11. The van der Waals surface area contributed by atoms with Gasteiger partial charge in [-0.2, -0.15) is 0 Å². The van der Waals surface area contributed by atoms with Crippen LogP contribution >= 0.6 is 15.2 Å². The molecule has 8 nitrogen and oxygen atoms in total. The SMILES string of the molecule is CCOP(=O)([O-])C(OC(C)=O)P(=O)(OCC)OCC.[Li+]. The molecule has 0 spiro atoms. The predicted octanol–water partition coefficient (Wildman–Crippen LogP) is -1.31. The van der Waals surface area contributed by atoms with Crippen LogP contribution in [-0.4, -0.2) is 31.4 Å². The summed E-state index contributed by atoms with van der Waals surface area (Å²) in [6.07, 6.45) is 0. The van der Waals surface area contributed by atoms with Crippen LogP contribution in [0.4, 0.5) is 0 Å². The average molecular weight is 324 g/mol. The van der Waals surface area contributed by atoms with Gasteiger partial charge < -0.3 is 27.8 Å². The molecule has 0 N–H and O–H groups in total. The van der Waals surface area contributed by atoms with E-state index in [1.807, 2.05) is 0 Å². The number of rotatable bonds is 9. The average Bonchev–Trinajstić information content (AvgIpc) is 2.26. The van der Waals surface area contributed by atoms with Crippen LogP contribution in [0.2, 0.25) is 0 Å². The third-order valence-corrected chi connectivity index (χ3v) is 6.58. The normalized spacial score (nSPS) is 15.8. The standard InChI is InChI=1S/C9H20O8P2.Li/c1-5-14-18(11,12)9(17-8(4)10)19(13,15-6-2)16-7-3;/h9H,5-7H2,1-4H3,(H,11,12);/q;+1/p-1. The molecule has 114 valence electrons. The third-order valence-electron chi connectivity index (χ3n) is 1.74. The van der Waals surface area contributed by atoms with E-state index in [9.17, 15) is 18.8 Å². The fourth-order valence-corrected chi connectivity index (χ4v) is 5.30. The van der Waals surface area contributed by atoms with Crippen molar-refractivity contribution < 1.29 is 56.0 Å². The molecule has 0 bridgehead atoms. The molecular formula is C9H19LiO8P2. The Morgan fingerprint density at radius 3 is 1.75 bits per heavy atom. The van der Waals surface area contributed by atoms with Crippen molar-refractivity contribution in [2.24, 2.45) is 0 Å². The zero-order valence-electron chi connectivity index (χ0n) is 12.4. The van der Waals surface area contributed by atoms with E-state index >= 15 is 0 Å². The first-order chi connectivity index (χ1) is 8.73. The maximum absolute atomic E-state index is 12.4. The number of ether oxygens (including phenoxy) is 1. The Morgan fingerprint density at radius 2 is 1.45 bits per heavy atom. The van der Waals surface area contributed by atoms with Gasteiger partial charge in [0.05, 0.1) is 19.8 Å². The van der Waals surface area contributed by atoms with Crippen LogP contribution in [0, 0.1) is 0 Å². The topological polar surface area (TPSA) is 111 Å². The second-order valence-electron chi connectivity index (χ2n) is 3.27. The molecule has 0 aliphatic carbocycles. The Balaban J connectivity index is 0. The summed E-state index contributed by atoms with van der Waals surface area (Å²) in [5, 5.41) is 0. The van der Waals surface area contributed by atoms with Crippen molar-refractivity contribution in [3.05, 3.63) is 0 Å². The number of hydrogen-bond acceptors (Lipinski definition) is 8. The first-order valence-electron chi connectivity index (χ1n) is 5.74. The van der Waals surface area contributed by atoms with Gasteiger partial charge in [0.1, 0.15) is 0 Å². The number of carbonyl (C=O) groups excluding carboxylic acids is 1. The predicted molar refractivity (Wildman–Crippen MR) is 65.6 cm³/mol. The van der Waals surface area contributed by atoms with Crippen LogP contribution in [0.25, 0.3) is 0 Å². The molecule has 0 aromatic carbocycles. The van der Waals surface area contributed by atoms with E-state index in [0.29, 0.717) is 0 Å². The Hall–Kier alpha value is 0.367. The van der Waals surface area contributed by atoms with Crippen LogP contribution in [0.15, 0.2) is 0 Å². The van der Waals surface area contributed by atoms with Gasteiger partial charge in [0.25, 0.3) is 5.59 Å². The van der Waals surface area contributed by atoms with E-state index in [1.54, 1.807) is 0 Å². The van der Waals surface area contributed by atoms with Crippen LogP contribution in [-0.2, 0) is 32.2 Å². The Labute approximate surface area is 130 Å². The molecule has 0 rings (SSSR count). The molecule has 0 radical (unpaired) electrons. The van der Waals surface area contributed by atoms with Gasteiger partial charge in [0.15, 0.2) is 7.60 Å². The van der Waals surface area contributed by atoms with E-state index in [-0.39, 0.29) is 38.7 Å². The largest absolute Gasteiger partial charge is 1.00 e. The summed E-state index contributed by atoms with van der Waals surface area (Å²) in [5.41, 5.74) is -2.10. The van der Waals surface area contributed by atoms with Gasteiger partial charge >= 0.3 is 32.4 Å². The molecule has 0 aliphatic heterocycles. The maximum Gasteiger partial charge on any atom is 1.00 e. The van der Waals surface area contributed by atoms with Gasteiger partial charge in [0, 0.05) is 6.92 Å². The van der Waals surface area contributed by atoms with Crippen LogP contribution in [0.3, 0.4) is 0 Å². The fraction of sp³-hybridized carbons (Fsp3) is 0.889. The molecule has 0 heterocycles. The van der Waals surface area contributed by atoms with Crippen LogP contribution in [0.1, 0.15) is 27.7 Å². The molecule has 11 heteroatoms. The van der Waals surface area contributed by atoms with Gasteiger partial charge in [0.2, 0.25) is 0 Å². The zero-order chi connectivity index (χ0) is 15.1. The van der Waals surface area contributed by atoms with E-state index in [1.165, 1.54) is 20.8 Å². The molecule has 20 heavy (non-hydrogen) atoms. The van der Waals surface area contributed by atoms with Crippen molar-refractivity contribution in [1.29, 1.82) is 0 Å². The Bertz CT molecular complexity index is 378. The Kier molecular flexibility index (Phi) is 11.5. The quantitative estimate of drug-likeness (QED) is 0.292. The Morgan fingerprint density at radius 1 is 1.05 bits per heavy atom. The van der Waals surface area contributed by atoms with Crippen molar-refractivity contribution >= 4 is 21.2 Å². The van der Waals surface area contributed by atoms with Gasteiger partial charge in [-0.05, 0) is 20.8 Å². The van der Waals surface area contributed by atoms with Crippen molar-refractivity contribution in [2.75, 3.05) is 19.8 Å². The second kappa shape index (κ2) is 10.2. The minimum atomic E-state index is -4.74. The zero-order valence-corrected chi connectivity index (χ0v) is 14.1. The van der Waals surface area contributed by atoms with Crippen molar-refractivity contribution in [2.45, 2.75) is 33.3 Å². The summed E-state index contributed by atoms with van der Waals surface area (Å²) in [7, 11) is -8.92. The molecule has 0 amide bonds. The van der Waals surface area contributed by atoms with Crippen LogP contribution in [0.5, 0.6) is 0 Å². The first kappa shape index (κ1) is 22.6. The summed E-state index contributed by atoms with van der Waals surface area (Å²) >= 11 is 0. The number of carbonyl (C=O) groups is 1. The van der Waals surface area contributed by atoms with Gasteiger partial charge in [-0.3, -0.25) is 9.36 Å². The summed E-state index contributed by atoms with van der Waals surface area (Å²) in [6, 6.07) is 0. The van der Waals surface area contributed by atoms with Crippen LogP contribution < -0.4 is 23.8 Å². The molecular weight excluding hydrogens is 305 g/mol. The second-order valence-corrected chi connectivity index (χ2v) is 7.55. The van der Waals surface area contributed by atoms with Crippen molar-refractivity contribution in [1.82, 2.24) is 0 Å². The molecule has 0 saturated heterocycles. The van der Waals surface area contributed by atoms with E-state index in [4.69, 9.17) is 9.05 Å². The van der Waals surface area contributed by atoms with Crippen molar-refractivity contribution in [3.8, 4) is 0 Å². The summed E-state index contributed by atoms with van der Waals surface area (Å²) in [5.74, 6) is -0.930. The molecule has 0 saturated carbocycles. The molecule has 0 aliphatic rings. The molecule has 0 fully saturated rings. The first-order valence-corrected chi connectivity index (χ1v) is 8.97. The van der Waals surface area contributed by atoms with E-state index in [2.05, 4.69) is 9.26 Å².